The van der Waals surface area contributed by atoms with Crippen LogP contribution in [0.3, 0.4) is 0 Å². The first kappa shape index (κ1) is 19.7. The number of anilines is 3. The number of rotatable bonds is 8. The molecule has 0 saturated heterocycles. The summed E-state index contributed by atoms with van der Waals surface area (Å²) < 4.78 is 0. The van der Waals surface area contributed by atoms with Crippen molar-refractivity contribution in [3.05, 3.63) is 60.7 Å². The number of nitrogens with zero attached hydrogens (tertiary/aromatic N) is 3. The second kappa shape index (κ2) is 8.79. The van der Waals surface area contributed by atoms with Crippen LogP contribution in [0.1, 0.15) is 23.8 Å². The van der Waals surface area contributed by atoms with Crippen LogP contribution in [-0.4, -0.2) is 32.8 Å². The molecule has 0 aliphatic rings. The highest BCUT2D eigenvalue weighted by atomic mass is 16.1. The molecule has 0 aliphatic heterocycles. The fourth-order valence-corrected chi connectivity index (χ4v) is 2.71. The first-order valence-electron chi connectivity index (χ1n) is 8.98. The average Bonchev–Trinajstić information content (AvgIpc) is 2.73. The fourth-order valence-electron chi connectivity index (χ4n) is 2.71. The van der Waals surface area contributed by atoms with Crippen LogP contribution in [-0.2, 0) is 4.79 Å². The Labute approximate surface area is 167 Å². The Morgan fingerprint density at radius 3 is 2.28 bits per heavy atom. The van der Waals surface area contributed by atoms with Crippen molar-refractivity contribution >= 4 is 29.1 Å². The summed E-state index contributed by atoms with van der Waals surface area (Å²) in [4.78, 5) is 35.6. The number of hydrogen-bond donors (Lipinski definition) is 4. The van der Waals surface area contributed by atoms with E-state index in [2.05, 4.69) is 25.6 Å². The summed E-state index contributed by atoms with van der Waals surface area (Å²) in [6.07, 6.45) is 5.27. The first-order valence-corrected chi connectivity index (χ1v) is 8.98. The Bertz CT molecular complexity index is 1010. The second-order valence-corrected chi connectivity index (χ2v) is 6.26. The molecule has 0 saturated carbocycles. The zero-order valence-corrected chi connectivity index (χ0v) is 15.8. The summed E-state index contributed by atoms with van der Waals surface area (Å²) in [5, 5.41) is 5.96. The number of aromatic nitrogens is 3. The van der Waals surface area contributed by atoms with Gasteiger partial charge in [0.25, 0.3) is 5.91 Å². The molecule has 0 bridgehead atoms. The molecule has 1 unspecified atom stereocenters. The fraction of sp³-hybridized carbons (Fsp3) is 0.150. The molecule has 6 N–H and O–H groups in total. The van der Waals surface area contributed by atoms with Gasteiger partial charge in [-0.2, -0.15) is 0 Å². The monoisotopic (exact) mass is 391 g/mol. The van der Waals surface area contributed by atoms with Gasteiger partial charge in [0.05, 0.1) is 6.20 Å². The van der Waals surface area contributed by atoms with Gasteiger partial charge in [0, 0.05) is 18.1 Å². The molecule has 9 heteroatoms. The van der Waals surface area contributed by atoms with Crippen molar-refractivity contribution in [2.75, 3.05) is 10.6 Å². The molecule has 3 aromatic rings. The summed E-state index contributed by atoms with van der Waals surface area (Å²) in [5.74, 6) is -0.744. The van der Waals surface area contributed by atoms with Crippen molar-refractivity contribution in [1.29, 1.82) is 0 Å². The van der Waals surface area contributed by atoms with Crippen molar-refractivity contribution in [2.45, 2.75) is 19.4 Å². The van der Waals surface area contributed by atoms with E-state index in [1.54, 1.807) is 12.4 Å². The Morgan fingerprint density at radius 1 is 1.03 bits per heavy atom. The molecule has 1 aromatic carbocycles. The van der Waals surface area contributed by atoms with E-state index in [9.17, 15) is 9.59 Å². The van der Waals surface area contributed by atoms with Crippen LogP contribution in [0.2, 0.25) is 0 Å². The molecule has 3 rings (SSSR count). The summed E-state index contributed by atoms with van der Waals surface area (Å²) in [5.41, 5.74) is 13.5. The SMILES string of the molecule is CCC(Nc1cnc(C(N)=O)c(Nc2ccc(-c3ccncc3)cc2)n1)C(N)=O. The second-order valence-electron chi connectivity index (χ2n) is 6.26. The highest BCUT2D eigenvalue weighted by Crippen LogP contribution is 2.24. The highest BCUT2D eigenvalue weighted by Gasteiger charge is 2.17. The number of amides is 2. The minimum absolute atomic E-state index is 0.0131. The zero-order chi connectivity index (χ0) is 20.8. The van der Waals surface area contributed by atoms with Crippen molar-refractivity contribution in [2.24, 2.45) is 11.5 Å². The van der Waals surface area contributed by atoms with Gasteiger partial charge in [-0.3, -0.25) is 14.6 Å². The van der Waals surface area contributed by atoms with Crippen molar-refractivity contribution in [3.8, 4) is 11.1 Å². The van der Waals surface area contributed by atoms with Crippen LogP contribution in [0.25, 0.3) is 11.1 Å². The summed E-state index contributed by atoms with van der Waals surface area (Å²) in [6, 6.07) is 10.8. The summed E-state index contributed by atoms with van der Waals surface area (Å²) in [7, 11) is 0. The van der Waals surface area contributed by atoms with Crippen molar-refractivity contribution in [1.82, 2.24) is 15.0 Å². The van der Waals surface area contributed by atoms with Crippen molar-refractivity contribution in [3.63, 3.8) is 0 Å². The maximum absolute atomic E-state index is 11.7. The van der Waals surface area contributed by atoms with Crippen LogP contribution in [0.15, 0.2) is 55.0 Å². The molecule has 2 amide bonds. The van der Waals surface area contributed by atoms with E-state index in [0.29, 0.717) is 17.9 Å². The van der Waals surface area contributed by atoms with Gasteiger partial charge in [-0.25, -0.2) is 9.97 Å². The van der Waals surface area contributed by atoms with E-state index in [0.717, 1.165) is 11.1 Å². The Morgan fingerprint density at radius 2 is 1.69 bits per heavy atom. The number of carbonyl (C=O) groups is 2. The maximum Gasteiger partial charge on any atom is 0.271 e. The van der Waals surface area contributed by atoms with Gasteiger partial charge in [0.2, 0.25) is 5.91 Å². The summed E-state index contributed by atoms with van der Waals surface area (Å²) >= 11 is 0. The zero-order valence-electron chi connectivity index (χ0n) is 15.8. The number of nitrogens with two attached hydrogens (primary N) is 2. The lowest BCUT2D eigenvalue weighted by Gasteiger charge is -2.15. The predicted molar refractivity (Wildman–Crippen MR) is 110 cm³/mol. The lowest BCUT2D eigenvalue weighted by molar-refractivity contribution is -0.118. The largest absolute Gasteiger partial charge is 0.368 e. The molecule has 0 fully saturated rings. The smallest absolute Gasteiger partial charge is 0.271 e. The van der Waals surface area contributed by atoms with Crippen LogP contribution in [0.4, 0.5) is 17.3 Å². The normalized spacial score (nSPS) is 11.5. The number of nitrogens with one attached hydrogen (secondary N) is 2. The van der Waals surface area contributed by atoms with Crippen LogP contribution >= 0.6 is 0 Å². The van der Waals surface area contributed by atoms with Gasteiger partial charge in [0.1, 0.15) is 11.9 Å². The third-order valence-electron chi connectivity index (χ3n) is 4.24. The average molecular weight is 391 g/mol. The highest BCUT2D eigenvalue weighted by molar-refractivity contribution is 5.96. The van der Waals surface area contributed by atoms with Gasteiger partial charge in [-0.1, -0.05) is 19.1 Å². The van der Waals surface area contributed by atoms with Crippen LogP contribution in [0, 0.1) is 0 Å². The van der Waals surface area contributed by atoms with Crippen LogP contribution < -0.4 is 22.1 Å². The molecule has 0 spiro atoms. The van der Waals surface area contributed by atoms with Gasteiger partial charge in [0.15, 0.2) is 11.5 Å². The minimum atomic E-state index is -0.720. The summed E-state index contributed by atoms with van der Waals surface area (Å²) in [6.45, 7) is 1.82. The minimum Gasteiger partial charge on any atom is -0.368 e. The van der Waals surface area contributed by atoms with Gasteiger partial charge >= 0.3 is 0 Å². The number of hydrogen-bond acceptors (Lipinski definition) is 7. The quantitative estimate of drug-likeness (QED) is 0.459. The molecule has 148 valence electrons. The number of benzene rings is 1. The first-order chi connectivity index (χ1) is 14.0. The van der Waals surface area contributed by atoms with Gasteiger partial charge < -0.3 is 22.1 Å². The predicted octanol–water partition coefficient (Wildman–Crippen LogP) is 2.06. The van der Waals surface area contributed by atoms with E-state index in [-0.39, 0.29) is 11.5 Å². The molecule has 9 nitrogen and oxygen atoms in total. The topological polar surface area (TPSA) is 149 Å². The molecule has 0 radical (unpaired) electrons. The van der Waals surface area contributed by atoms with Gasteiger partial charge in [-0.15, -0.1) is 0 Å². The molecule has 1 atom stereocenters. The van der Waals surface area contributed by atoms with E-state index in [1.807, 2.05) is 43.3 Å². The lowest BCUT2D eigenvalue weighted by atomic mass is 10.1. The van der Waals surface area contributed by atoms with Crippen molar-refractivity contribution < 1.29 is 9.59 Å². The standard InChI is InChI=1S/C20H21N7O2/c1-2-15(18(21)28)26-16-11-24-17(19(22)29)20(27-16)25-14-5-3-12(4-6-14)13-7-9-23-10-8-13/h3-11,15H,2H2,1H3,(H2,21,28)(H2,22,29)(H2,25,26,27). The van der Waals surface area contributed by atoms with E-state index in [1.165, 1.54) is 6.20 Å². The molecular weight excluding hydrogens is 370 g/mol. The number of primary amides is 2. The number of pyridine rings is 1. The van der Waals surface area contributed by atoms with Gasteiger partial charge in [-0.05, 0) is 41.8 Å². The Kier molecular flexibility index (Phi) is 5.98. The van der Waals surface area contributed by atoms with E-state index < -0.39 is 17.9 Å². The number of carbonyl (C=O) groups excluding carboxylic acids is 2. The third-order valence-corrected chi connectivity index (χ3v) is 4.24. The molecule has 29 heavy (non-hydrogen) atoms. The molecular formula is C20H21N7O2. The Hall–Kier alpha value is -4.01. The molecule has 2 heterocycles. The van der Waals surface area contributed by atoms with E-state index >= 15 is 0 Å². The van der Waals surface area contributed by atoms with Crippen LogP contribution in [0.5, 0.6) is 0 Å². The van der Waals surface area contributed by atoms with E-state index in [4.69, 9.17) is 11.5 Å². The molecule has 0 aliphatic carbocycles. The maximum atomic E-state index is 11.7. The lowest BCUT2D eigenvalue weighted by Crippen LogP contribution is -2.35. The molecule has 2 aromatic heterocycles. The Balaban J connectivity index is 1.85. The third kappa shape index (κ3) is 4.83.